The molecule has 0 N–H and O–H groups in total. The highest BCUT2D eigenvalue weighted by Crippen LogP contribution is 2.26. The molecule has 2 aromatic heterocycles. The van der Waals surface area contributed by atoms with E-state index in [1.165, 1.54) is 0 Å². The Balaban J connectivity index is 2.03. The van der Waals surface area contributed by atoms with E-state index in [1.807, 2.05) is 6.07 Å². The van der Waals surface area contributed by atoms with Crippen molar-refractivity contribution in [1.29, 1.82) is 0 Å². The predicted octanol–water partition coefficient (Wildman–Crippen LogP) is 2.63. The van der Waals surface area contributed by atoms with Gasteiger partial charge in [-0.1, -0.05) is 29.8 Å². The van der Waals surface area contributed by atoms with Gasteiger partial charge in [-0.3, -0.25) is 4.79 Å². The molecule has 0 spiro atoms. The lowest BCUT2D eigenvalue weighted by Gasteiger charge is -2.03. The first-order valence-electron chi connectivity index (χ1n) is 7.21. The Morgan fingerprint density at radius 1 is 1.12 bits per heavy atom. The van der Waals surface area contributed by atoms with Gasteiger partial charge in [0.1, 0.15) is 5.52 Å². The summed E-state index contributed by atoms with van der Waals surface area (Å²) in [5.41, 5.74) is 1.35. The molecule has 4 aromatic rings. The van der Waals surface area contributed by atoms with Gasteiger partial charge in [-0.05, 0) is 30.3 Å². The Labute approximate surface area is 140 Å². The molecular formula is C17H11ClN4O2. The Morgan fingerprint density at radius 2 is 1.88 bits per heavy atom. The molecule has 0 amide bonds. The third-order valence-electron chi connectivity index (χ3n) is 3.90. The van der Waals surface area contributed by atoms with Crippen LogP contribution in [0.1, 0.15) is 10.4 Å². The lowest BCUT2D eigenvalue weighted by Crippen LogP contribution is -2.31. The Kier molecular flexibility index (Phi) is 3.21. The summed E-state index contributed by atoms with van der Waals surface area (Å²) in [4.78, 5) is 28.9. The molecule has 7 heteroatoms. The van der Waals surface area contributed by atoms with Gasteiger partial charge in [0.25, 0.3) is 5.91 Å². The van der Waals surface area contributed by atoms with Gasteiger partial charge >= 0.3 is 5.69 Å². The second-order valence-corrected chi connectivity index (χ2v) is 5.81. The molecule has 4 rings (SSSR count). The van der Waals surface area contributed by atoms with Crippen LogP contribution >= 0.6 is 11.6 Å². The normalized spacial score (nSPS) is 11.2. The summed E-state index contributed by atoms with van der Waals surface area (Å²) < 4.78 is 2.55. The first kappa shape index (κ1) is 14.6. The summed E-state index contributed by atoms with van der Waals surface area (Å²) in [5.74, 6) is -0.519. The molecule has 0 aliphatic rings. The van der Waals surface area contributed by atoms with Crippen molar-refractivity contribution in [2.75, 3.05) is 0 Å². The van der Waals surface area contributed by atoms with Crippen molar-refractivity contribution in [3.63, 3.8) is 0 Å². The van der Waals surface area contributed by atoms with Gasteiger partial charge in [-0.2, -0.15) is 10.1 Å². The minimum absolute atomic E-state index is 0.367. The van der Waals surface area contributed by atoms with E-state index < -0.39 is 11.6 Å². The van der Waals surface area contributed by atoms with Crippen molar-refractivity contribution >= 4 is 39.6 Å². The lowest BCUT2D eigenvalue weighted by molar-refractivity contribution is 0.0938. The zero-order chi connectivity index (χ0) is 16.8. The standard InChI is InChI=1S/C17H11ClN4O2/c1-21-13-8-7-11(18)9-12(13)14-15(21)19-17(24)22(20-14)16(23)10-5-3-2-4-6-10/h2-9H,1H3. The minimum Gasteiger partial charge on any atom is -0.327 e. The number of fused-ring (bicyclic) bond motifs is 3. The largest absolute Gasteiger partial charge is 0.373 e. The van der Waals surface area contributed by atoms with E-state index in [2.05, 4.69) is 10.1 Å². The molecule has 0 saturated heterocycles. The molecule has 0 unspecified atom stereocenters. The zero-order valence-corrected chi connectivity index (χ0v) is 13.4. The molecule has 24 heavy (non-hydrogen) atoms. The highest BCUT2D eigenvalue weighted by Gasteiger charge is 2.18. The number of hydrogen-bond acceptors (Lipinski definition) is 4. The van der Waals surface area contributed by atoms with Crippen LogP contribution in [-0.4, -0.2) is 25.2 Å². The second kappa shape index (κ2) is 5.28. The summed E-state index contributed by atoms with van der Waals surface area (Å²) in [5, 5.41) is 5.54. The molecule has 2 heterocycles. The molecule has 0 aliphatic carbocycles. The molecule has 0 bridgehead atoms. The van der Waals surface area contributed by atoms with Gasteiger partial charge in [-0.15, -0.1) is 4.68 Å². The number of nitrogens with zero attached hydrogens (tertiary/aromatic N) is 4. The summed E-state index contributed by atoms with van der Waals surface area (Å²) in [7, 11) is 1.79. The van der Waals surface area contributed by atoms with Crippen LogP contribution in [0.4, 0.5) is 0 Å². The van der Waals surface area contributed by atoms with E-state index in [9.17, 15) is 9.59 Å². The van der Waals surface area contributed by atoms with Gasteiger partial charge in [0.2, 0.25) is 0 Å². The van der Waals surface area contributed by atoms with E-state index in [1.54, 1.807) is 54.1 Å². The highest BCUT2D eigenvalue weighted by atomic mass is 35.5. The summed E-state index contributed by atoms with van der Waals surface area (Å²) in [6, 6.07) is 13.8. The predicted molar refractivity (Wildman–Crippen MR) is 91.5 cm³/mol. The third kappa shape index (κ3) is 2.11. The number of benzene rings is 2. The molecule has 0 radical (unpaired) electrons. The number of carbonyl (C=O) groups is 1. The van der Waals surface area contributed by atoms with E-state index in [-0.39, 0.29) is 0 Å². The average Bonchev–Trinajstić information content (AvgIpc) is 2.86. The third-order valence-corrected chi connectivity index (χ3v) is 4.14. The molecule has 0 fully saturated rings. The fourth-order valence-electron chi connectivity index (χ4n) is 2.73. The molecule has 2 aromatic carbocycles. The number of rotatable bonds is 1. The number of aryl methyl sites for hydroxylation is 1. The Bertz CT molecular complexity index is 1160. The first-order valence-corrected chi connectivity index (χ1v) is 7.59. The quantitative estimate of drug-likeness (QED) is 0.535. The van der Waals surface area contributed by atoms with Crippen LogP contribution in [0.15, 0.2) is 53.3 Å². The van der Waals surface area contributed by atoms with Crippen LogP contribution in [0.5, 0.6) is 0 Å². The van der Waals surface area contributed by atoms with Gasteiger partial charge < -0.3 is 4.57 Å². The molecule has 0 saturated carbocycles. The van der Waals surface area contributed by atoms with Gasteiger partial charge in [0, 0.05) is 23.0 Å². The first-order chi connectivity index (χ1) is 11.6. The van der Waals surface area contributed by atoms with Crippen LogP contribution in [0, 0.1) is 0 Å². The smallest absolute Gasteiger partial charge is 0.327 e. The minimum atomic E-state index is -0.714. The van der Waals surface area contributed by atoms with Gasteiger partial charge in [0.05, 0.1) is 5.52 Å². The van der Waals surface area contributed by atoms with Crippen molar-refractivity contribution in [1.82, 2.24) is 19.3 Å². The maximum absolute atomic E-state index is 12.5. The average molecular weight is 339 g/mol. The van der Waals surface area contributed by atoms with Crippen molar-refractivity contribution in [2.24, 2.45) is 7.05 Å². The summed E-state index contributed by atoms with van der Waals surface area (Å²) in [6.07, 6.45) is 0. The Morgan fingerprint density at radius 3 is 2.62 bits per heavy atom. The lowest BCUT2D eigenvalue weighted by atomic mass is 10.2. The highest BCUT2D eigenvalue weighted by molar-refractivity contribution is 6.31. The maximum Gasteiger partial charge on any atom is 0.373 e. The fourth-order valence-corrected chi connectivity index (χ4v) is 2.90. The number of carbonyl (C=O) groups excluding carboxylic acids is 1. The van der Waals surface area contributed by atoms with Crippen LogP contribution in [0.25, 0.3) is 22.1 Å². The number of halogens is 1. The monoisotopic (exact) mass is 338 g/mol. The van der Waals surface area contributed by atoms with E-state index in [0.29, 0.717) is 21.7 Å². The fraction of sp³-hybridized carbons (Fsp3) is 0.0588. The van der Waals surface area contributed by atoms with Gasteiger partial charge in [-0.25, -0.2) is 4.79 Å². The summed E-state index contributed by atoms with van der Waals surface area (Å²) >= 11 is 6.06. The topological polar surface area (TPSA) is 69.8 Å². The van der Waals surface area contributed by atoms with Crippen LogP contribution in [0.3, 0.4) is 0 Å². The van der Waals surface area contributed by atoms with Crippen molar-refractivity contribution in [3.8, 4) is 0 Å². The van der Waals surface area contributed by atoms with Crippen LogP contribution in [-0.2, 0) is 7.05 Å². The Hall–Kier alpha value is -2.99. The SMILES string of the molecule is Cn1c2ccc(Cl)cc2c2nn(C(=O)c3ccccc3)c(=O)nc21. The molecule has 118 valence electrons. The van der Waals surface area contributed by atoms with Gasteiger partial charge in [0.15, 0.2) is 5.65 Å². The molecule has 6 nitrogen and oxygen atoms in total. The molecule has 0 atom stereocenters. The van der Waals surface area contributed by atoms with Crippen molar-refractivity contribution < 1.29 is 4.79 Å². The molecule has 0 aliphatic heterocycles. The maximum atomic E-state index is 12.5. The van der Waals surface area contributed by atoms with E-state index >= 15 is 0 Å². The second-order valence-electron chi connectivity index (χ2n) is 5.37. The number of hydrogen-bond donors (Lipinski definition) is 0. The van der Waals surface area contributed by atoms with Crippen LogP contribution < -0.4 is 5.69 Å². The zero-order valence-electron chi connectivity index (χ0n) is 12.6. The van der Waals surface area contributed by atoms with E-state index in [0.717, 1.165) is 15.6 Å². The number of aromatic nitrogens is 4. The molecular weight excluding hydrogens is 328 g/mol. The van der Waals surface area contributed by atoms with E-state index in [4.69, 9.17) is 11.6 Å². The van der Waals surface area contributed by atoms with Crippen molar-refractivity contribution in [3.05, 3.63) is 69.6 Å². The summed E-state index contributed by atoms with van der Waals surface area (Å²) in [6.45, 7) is 0. The van der Waals surface area contributed by atoms with Crippen LogP contribution in [0.2, 0.25) is 5.02 Å². The van der Waals surface area contributed by atoms with Crippen molar-refractivity contribution in [2.45, 2.75) is 0 Å².